The molecule has 8 heteroatoms. The standard InChI is InChI=1S/C11H12BrN5O2/c12-8-4-14-17(5-8)6-9-15-11(19-16-9)10(18)13-3-7-1-2-7/h4-5,7H,1-3,6H2,(H,13,18). The largest absolute Gasteiger partial charge is 0.348 e. The Balaban J connectivity index is 1.60. The van der Waals surface area contributed by atoms with Gasteiger partial charge in [0.15, 0.2) is 5.82 Å². The molecule has 3 rings (SSSR count). The molecule has 1 N–H and O–H groups in total. The molecule has 2 heterocycles. The highest BCUT2D eigenvalue weighted by atomic mass is 79.9. The Hall–Kier alpha value is -1.70. The molecular formula is C11H12BrN5O2. The fourth-order valence-corrected chi connectivity index (χ4v) is 1.94. The van der Waals surface area contributed by atoms with Crippen LogP contribution >= 0.6 is 15.9 Å². The van der Waals surface area contributed by atoms with Gasteiger partial charge in [0.25, 0.3) is 0 Å². The van der Waals surface area contributed by atoms with Crippen molar-refractivity contribution in [3.63, 3.8) is 0 Å². The lowest BCUT2D eigenvalue weighted by Gasteiger charge is -1.98. The van der Waals surface area contributed by atoms with E-state index in [4.69, 9.17) is 4.52 Å². The minimum absolute atomic E-state index is 0.00173. The molecule has 1 fully saturated rings. The van der Waals surface area contributed by atoms with E-state index in [-0.39, 0.29) is 11.8 Å². The lowest BCUT2D eigenvalue weighted by molar-refractivity contribution is 0.0908. The molecule has 7 nitrogen and oxygen atoms in total. The van der Waals surface area contributed by atoms with Gasteiger partial charge in [0.05, 0.1) is 10.7 Å². The lowest BCUT2D eigenvalue weighted by atomic mass is 10.4. The second-order valence-corrected chi connectivity index (χ2v) is 5.44. The van der Waals surface area contributed by atoms with Crippen LogP contribution in [0.4, 0.5) is 0 Å². The number of aromatic nitrogens is 4. The van der Waals surface area contributed by atoms with Crippen LogP contribution in [-0.2, 0) is 6.54 Å². The van der Waals surface area contributed by atoms with Crippen molar-refractivity contribution in [1.82, 2.24) is 25.2 Å². The van der Waals surface area contributed by atoms with Crippen LogP contribution in [0.25, 0.3) is 0 Å². The van der Waals surface area contributed by atoms with Crippen LogP contribution in [0.15, 0.2) is 21.4 Å². The maximum absolute atomic E-state index is 11.7. The quantitative estimate of drug-likeness (QED) is 0.893. The summed E-state index contributed by atoms with van der Waals surface area (Å²) in [6.45, 7) is 1.05. The number of halogens is 1. The molecule has 19 heavy (non-hydrogen) atoms. The zero-order valence-electron chi connectivity index (χ0n) is 10.0. The molecule has 0 atom stereocenters. The van der Waals surface area contributed by atoms with Crippen LogP contribution in [0.3, 0.4) is 0 Å². The monoisotopic (exact) mass is 325 g/mol. The topological polar surface area (TPSA) is 85.8 Å². The number of nitrogens with one attached hydrogen (secondary N) is 1. The molecule has 1 saturated carbocycles. The van der Waals surface area contributed by atoms with E-state index < -0.39 is 0 Å². The van der Waals surface area contributed by atoms with E-state index in [1.807, 2.05) is 0 Å². The third-order valence-electron chi connectivity index (χ3n) is 2.82. The van der Waals surface area contributed by atoms with Gasteiger partial charge in [-0.3, -0.25) is 9.48 Å². The first-order valence-electron chi connectivity index (χ1n) is 5.99. The van der Waals surface area contributed by atoms with Gasteiger partial charge in [0.1, 0.15) is 6.54 Å². The van der Waals surface area contributed by atoms with Crippen molar-refractivity contribution in [2.24, 2.45) is 5.92 Å². The van der Waals surface area contributed by atoms with Crippen molar-refractivity contribution in [1.29, 1.82) is 0 Å². The molecule has 0 aliphatic heterocycles. The fraction of sp³-hybridized carbons (Fsp3) is 0.455. The van der Waals surface area contributed by atoms with Crippen molar-refractivity contribution in [3.05, 3.63) is 28.6 Å². The summed E-state index contributed by atoms with van der Waals surface area (Å²) in [4.78, 5) is 15.8. The summed E-state index contributed by atoms with van der Waals surface area (Å²) in [5, 5.41) is 10.6. The highest BCUT2D eigenvalue weighted by Crippen LogP contribution is 2.27. The summed E-state index contributed by atoms with van der Waals surface area (Å²) in [5.41, 5.74) is 0. The van der Waals surface area contributed by atoms with Gasteiger partial charge in [-0.2, -0.15) is 10.1 Å². The van der Waals surface area contributed by atoms with E-state index in [2.05, 4.69) is 36.5 Å². The summed E-state index contributed by atoms with van der Waals surface area (Å²) in [5.74, 6) is 0.731. The molecule has 0 unspecified atom stereocenters. The minimum atomic E-state index is -0.313. The molecule has 0 radical (unpaired) electrons. The Morgan fingerprint density at radius 2 is 2.42 bits per heavy atom. The number of nitrogens with zero attached hydrogens (tertiary/aromatic N) is 4. The van der Waals surface area contributed by atoms with Crippen molar-refractivity contribution in [3.8, 4) is 0 Å². The average Bonchev–Trinajstić information content (AvgIpc) is 2.96. The molecule has 0 bridgehead atoms. The van der Waals surface area contributed by atoms with Gasteiger partial charge < -0.3 is 9.84 Å². The minimum Gasteiger partial charge on any atom is -0.348 e. The van der Waals surface area contributed by atoms with Gasteiger partial charge >= 0.3 is 11.8 Å². The fourth-order valence-electron chi connectivity index (χ4n) is 1.61. The third kappa shape index (κ3) is 3.19. The van der Waals surface area contributed by atoms with Gasteiger partial charge in [-0.25, -0.2) is 0 Å². The summed E-state index contributed by atoms with van der Waals surface area (Å²) in [6, 6.07) is 0. The molecule has 1 aliphatic rings. The molecule has 1 aliphatic carbocycles. The average molecular weight is 326 g/mol. The Bertz CT molecular complexity index is 589. The van der Waals surface area contributed by atoms with Crippen LogP contribution in [0.5, 0.6) is 0 Å². The molecule has 0 saturated heterocycles. The van der Waals surface area contributed by atoms with Crippen LogP contribution in [0.1, 0.15) is 29.4 Å². The lowest BCUT2D eigenvalue weighted by Crippen LogP contribution is -2.25. The number of hydrogen-bond acceptors (Lipinski definition) is 5. The van der Waals surface area contributed by atoms with Crippen molar-refractivity contribution < 1.29 is 9.32 Å². The van der Waals surface area contributed by atoms with Crippen LogP contribution in [0, 0.1) is 5.92 Å². The zero-order chi connectivity index (χ0) is 13.2. The van der Waals surface area contributed by atoms with E-state index in [9.17, 15) is 4.79 Å². The highest BCUT2D eigenvalue weighted by Gasteiger charge is 2.23. The van der Waals surface area contributed by atoms with Crippen LogP contribution in [-0.4, -0.2) is 32.4 Å². The molecule has 0 spiro atoms. The second-order valence-electron chi connectivity index (χ2n) is 4.53. The predicted molar refractivity (Wildman–Crippen MR) is 68.4 cm³/mol. The Labute approximate surface area is 117 Å². The molecule has 1 amide bonds. The van der Waals surface area contributed by atoms with Crippen molar-refractivity contribution in [2.75, 3.05) is 6.54 Å². The maximum Gasteiger partial charge on any atom is 0.316 e. The summed E-state index contributed by atoms with van der Waals surface area (Å²) in [7, 11) is 0. The van der Waals surface area contributed by atoms with Crippen molar-refractivity contribution >= 4 is 21.8 Å². The molecule has 2 aromatic rings. The van der Waals surface area contributed by atoms with Crippen LogP contribution < -0.4 is 5.32 Å². The summed E-state index contributed by atoms with van der Waals surface area (Å²) < 4.78 is 7.46. The molecule has 100 valence electrons. The first-order chi connectivity index (χ1) is 9.20. The first-order valence-corrected chi connectivity index (χ1v) is 6.79. The summed E-state index contributed by atoms with van der Waals surface area (Å²) in [6.07, 6.45) is 5.83. The third-order valence-corrected chi connectivity index (χ3v) is 3.23. The van der Waals surface area contributed by atoms with Gasteiger partial charge in [-0.15, -0.1) is 0 Å². The number of amides is 1. The molecule has 0 aromatic carbocycles. The smallest absolute Gasteiger partial charge is 0.316 e. The van der Waals surface area contributed by atoms with E-state index in [0.717, 1.165) is 4.47 Å². The van der Waals surface area contributed by atoms with E-state index >= 15 is 0 Å². The SMILES string of the molecule is O=C(NCC1CC1)c1nc(Cn2cc(Br)cn2)no1. The Morgan fingerprint density at radius 1 is 1.58 bits per heavy atom. The Kier molecular flexibility index (Phi) is 3.33. The summed E-state index contributed by atoms with van der Waals surface area (Å²) >= 11 is 3.30. The Morgan fingerprint density at radius 3 is 3.11 bits per heavy atom. The maximum atomic E-state index is 11.7. The first kappa shape index (κ1) is 12.3. The van der Waals surface area contributed by atoms with E-state index in [1.54, 1.807) is 17.1 Å². The predicted octanol–water partition coefficient (Wildman–Crippen LogP) is 1.22. The number of rotatable bonds is 5. The van der Waals surface area contributed by atoms with E-state index in [1.165, 1.54) is 12.8 Å². The molecule has 2 aromatic heterocycles. The van der Waals surface area contributed by atoms with Crippen molar-refractivity contribution in [2.45, 2.75) is 19.4 Å². The normalized spacial score (nSPS) is 14.6. The number of carbonyl (C=O) groups is 1. The van der Waals surface area contributed by atoms with Gasteiger partial charge in [0, 0.05) is 12.7 Å². The highest BCUT2D eigenvalue weighted by molar-refractivity contribution is 9.10. The second kappa shape index (κ2) is 5.12. The van der Waals surface area contributed by atoms with Gasteiger partial charge in [0.2, 0.25) is 0 Å². The van der Waals surface area contributed by atoms with E-state index in [0.29, 0.717) is 24.8 Å². The number of carbonyl (C=O) groups excluding carboxylic acids is 1. The zero-order valence-corrected chi connectivity index (χ0v) is 11.6. The van der Waals surface area contributed by atoms with Crippen LogP contribution in [0.2, 0.25) is 0 Å². The number of hydrogen-bond donors (Lipinski definition) is 1. The molecular weight excluding hydrogens is 314 g/mol. The van der Waals surface area contributed by atoms with Gasteiger partial charge in [-0.05, 0) is 34.7 Å². The van der Waals surface area contributed by atoms with Gasteiger partial charge in [-0.1, -0.05) is 5.16 Å².